The zero-order chi connectivity index (χ0) is 14.2. The monoisotopic (exact) mass is 274 g/mol. The van der Waals surface area contributed by atoms with Crippen LogP contribution < -0.4 is 0 Å². The minimum atomic E-state index is 0.127. The molecule has 0 atom stereocenters. The van der Waals surface area contributed by atoms with Crippen LogP contribution >= 0.6 is 11.8 Å². The number of thioether (sulfide) groups is 1. The summed E-state index contributed by atoms with van der Waals surface area (Å²) in [5.74, 6) is 0. The number of carbonyl (C=O) groups is 1. The van der Waals surface area contributed by atoms with Crippen LogP contribution in [0.1, 0.15) is 47.0 Å². The summed E-state index contributed by atoms with van der Waals surface area (Å²) in [6.45, 7) is 11.2. The Morgan fingerprint density at radius 2 is 1.50 bits per heavy atom. The highest BCUT2D eigenvalue weighted by molar-refractivity contribution is 8.14. The third-order valence-electron chi connectivity index (χ3n) is 3.42. The van der Waals surface area contributed by atoms with Crippen LogP contribution in [0.5, 0.6) is 0 Å². The lowest BCUT2D eigenvalue weighted by atomic mass is 10.0. The van der Waals surface area contributed by atoms with Crippen molar-refractivity contribution in [2.24, 2.45) is 0 Å². The molecule has 2 rings (SSSR count). The van der Waals surface area contributed by atoms with Gasteiger partial charge in [-0.3, -0.25) is 9.69 Å². The van der Waals surface area contributed by atoms with Crippen molar-refractivity contribution in [3.05, 3.63) is 0 Å². The van der Waals surface area contributed by atoms with Gasteiger partial charge in [0.05, 0.1) is 4.87 Å². The second-order valence-electron chi connectivity index (χ2n) is 4.40. The molecule has 0 N–H and O–H groups in total. The summed E-state index contributed by atoms with van der Waals surface area (Å²) in [6.07, 6.45) is 2.96. The third-order valence-corrected chi connectivity index (χ3v) is 4.95. The van der Waals surface area contributed by atoms with Gasteiger partial charge in [-0.05, 0) is 26.9 Å². The maximum absolute atomic E-state index is 11.5. The second kappa shape index (κ2) is 8.94. The van der Waals surface area contributed by atoms with Crippen molar-refractivity contribution in [3.63, 3.8) is 0 Å². The first kappa shape index (κ1) is 17.9. The Morgan fingerprint density at radius 3 is 2.00 bits per heavy atom. The molecule has 0 saturated carbocycles. The lowest BCUT2D eigenvalue weighted by Gasteiger charge is -2.48. The van der Waals surface area contributed by atoms with Gasteiger partial charge in [-0.25, -0.2) is 0 Å². The van der Waals surface area contributed by atoms with E-state index in [-0.39, 0.29) is 4.87 Å². The Kier molecular flexibility index (Phi) is 8.91. The Labute approximate surface area is 117 Å². The maximum Gasteiger partial charge on any atom is 0.192 e. The Bertz CT molecular complexity index is 238. The number of rotatable bonds is 0. The molecule has 1 spiro atoms. The SMILES string of the molecule is CC.CC.CN1CCC2(CC1)SC(=O)CCN2C. The Balaban J connectivity index is 0.000000659. The van der Waals surface area contributed by atoms with Crippen molar-refractivity contribution in [2.75, 3.05) is 33.7 Å². The van der Waals surface area contributed by atoms with E-state index in [0.29, 0.717) is 5.12 Å². The Morgan fingerprint density at radius 1 is 1.00 bits per heavy atom. The number of carbonyl (C=O) groups excluding carboxylic acids is 1. The van der Waals surface area contributed by atoms with Crippen LogP contribution in [0.2, 0.25) is 0 Å². The van der Waals surface area contributed by atoms with Crippen LogP contribution in [0.25, 0.3) is 0 Å². The smallest absolute Gasteiger partial charge is 0.192 e. The van der Waals surface area contributed by atoms with Gasteiger partial charge in [0, 0.05) is 26.1 Å². The fourth-order valence-electron chi connectivity index (χ4n) is 2.26. The minimum absolute atomic E-state index is 0.127. The van der Waals surface area contributed by atoms with E-state index < -0.39 is 0 Å². The van der Waals surface area contributed by atoms with Crippen LogP contribution in [0.15, 0.2) is 0 Å². The topological polar surface area (TPSA) is 23.6 Å². The molecule has 0 bridgehead atoms. The van der Waals surface area contributed by atoms with Crippen LogP contribution in [-0.4, -0.2) is 53.5 Å². The first-order valence-electron chi connectivity index (χ1n) is 7.24. The maximum atomic E-state index is 11.5. The van der Waals surface area contributed by atoms with Crippen molar-refractivity contribution in [1.82, 2.24) is 9.80 Å². The third kappa shape index (κ3) is 4.56. The molecule has 2 aliphatic rings. The molecule has 0 aliphatic carbocycles. The van der Waals surface area contributed by atoms with Crippen LogP contribution in [0.4, 0.5) is 0 Å². The van der Waals surface area contributed by atoms with E-state index in [1.54, 1.807) is 11.8 Å². The van der Waals surface area contributed by atoms with Gasteiger partial charge in [0.15, 0.2) is 5.12 Å². The zero-order valence-corrected chi connectivity index (χ0v) is 13.8. The van der Waals surface area contributed by atoms with Crippen molar-refractivity contribution in [3.8, 4) is 0 Å². The summed E-state index contributed by atoms with van der Waals surface area (Å²) in [5, 5.41) is 0.382. The van der Waals surface area contributed by atoms with Crippen molar-refractivity contribution < 1.29 is 4.79 Å². The molecule has 0 aromatic heterocycles. The number of nitrogens with zero attached hydrogens (tertiary/aromatic N) is 2. The number of hydrogen-bond acceptors (Lipinski definition) is 4. The summed E-state index contributed by atoms with van der Waals surface area (Å²) in [6, 6.07) is 0. The lowest BCUT2D eigenvalue weighted by Crippen LogP contribution is -2.54. The summed E-state index contributed by atoms with van der Waals surface area (Å²) >= 11 is 1.58. The standard InChI is InChI=1S/C10H18N2OS.2C2H6/c1-11-7-4-10(5-8-11)12(2)6-3-9(13)14-10;2*1-2/h3-8H2,1-2H3;2*1-2H3. The molecule has 18 heavy (non-hydrogen) atoms. The zero-order valence-electron chi connectivity index (χ0n) is 13.0. The summed E-state index contributed by atoms with van der Waals surface area (Å²) in [7, 11) is 4.31. The van der Waals surface area contributed by atoms with Gasteiger partial charge in [0.1, 0.15) is 0 Å². The van der Waals surface area contributed by atoms with Gasteiger partial charge >= 0.3 is 0 Å². The minimum Gasteiger partial charge on any atom is -0.306 e. The first-order chi connectivity index (χ1) is 8.62. The van der Waals surface area contributed by atoms with Gasteiger partial charge in [-0.15, -0.1) is 0 Å². The molecule has 4 heteroatoms. The molecule has 3 nitrogen and oxygen atoms in total. The highest BCUT2D eigenvalue weighted by Gasteiger charge is 2.42. The normalized spacial score (nSPS) is 23.8. The van der Waals surface area contributed by atoms with E-state index in [0.717, 1.165) is 38.9 Å². The first-order valence-corrected chi connectivity index (χ1v) is 8.06. The average Bonchev–Trinajstić information content (AvgIpc) is 2.42. The number of hydrogen-bond donors (Lipinski definition) is 0. The van der Waals surface area contributed by atoms with Gasteiger partial charge in [0.2, 0.25) is 0 Å². The van der Waals surface area contributed by atoms with E-state index in [1.165, 1.54) is 0 Å². The predicted octanol–water partition coefficient (Wildman–Crippen LogP) is 3.06. The average molecular weight is 274 g/mol. The molecular weight excluding hydrogens is 244 g/mol. The van der Waals surface area contributed by atoms with Crippen molar-refractivity contribution in [1.29, 1.82) is 0 Å². The molecule has 0 unspecified atom stereocenters. The molecule has 0 aromatic rings. The summed E-state index contributed by atoms with van der Waals surface area (Å²) < 4.78 is 0. The van der Waals surface area contributed by atoms with Gasteiger partial charge in [-0.1, -0.05) is 39.5 Å². The molecular formula is C14H30N2OS. The highest BCUT2D eigenvalue weighted by atomic mass is 32.2. The molecule has 2 heterocycles. The number of likely N-dealkylation sites (tertiary alicyclic amines) is 1. The largest absolute Gasteiger partial charge is 0.306 e. The fourth-order valence-corrected chi connectivity index (χ4v) is 3.51. The molecule has 2 fully saturated rings. The van der Waals surface area contributed by atoms with Crippen molar-refractivity contribution >= 4 is 16.9 Å². The van der Waals surface area contributed by atoms with E-state index in [4.69, 9.17) is 0 Å². The molecule has 2 aliphatic heterocycles. The quantitative estimate of drug-likeness (QED) is 0.677. The predicted molar refractivity (Wildman–Crippen MR) is 82.0 cm³/mol. The lowest BCUT2D eigenvalue weighted by molar-refractivity contribution is -0.112. The number of piperidine rings is 1. The van der Waals surface area contributed by atoms with E-state index in [2.05, 4.69) is 23.9 Å². The molecule has 108 valence electrons. The van der Waals surface area contributed by atoms with E-state index in [1.807, 2.05) is 27.7 Å². The summed E-state index contributed by atoms with van der Waals surface area (Å²) in [4.78, 5) is 16.3. The molecule has 0 aromatic carbocycles. The van der Waals surface area contributed by atoms with Gasteiger partial charge < -0.3 is 4.90 Å². The van der Waals surface area contributed by atoms with E-state index in [9.17, 15) is 4.79 Å². The molecule has 2 saturated heterocycles. The van der Waals surface area contributed by atoms with Crippen molar-refractivity contribution in [2.45, 2.75) is 51.8 Å². The molecule has 0 radical (unpaired) electrons. The van der Waals surface area contributed by atoms with E-state index >= 15 is 0 Å². The van der Waals surface area contributed by atoms with Crippen LogP contribution in [0.3, 0.4) is 0 Å². The summed E-state index contributed by atoms with van der Waals surface area (Å²) in [5.41, 5.74) is 0. The van der Waals surface area contributed by atoms with Crippen LogP contribution in [0, 0.1) is 0 Å². The Hall–Kier alpha value is -0.0600. The fraction of sp³-hybridized carbons (Fsp3) is 0.929. The molecule has 0 amide bonds. The van der Waals surface area contributed by atoms with Gasteiger partial charge in [-0.2, -0.15) is 0 Å². The van der Waals surface area contributed by atoms with Crippen LogP contribution in [-0.2, 0) is 4.79 Å². The second-order valence-corrected chi connectivity index (χ2v) is 5.81. The van der Waals surface area contributed by atoms with Gasteiger partial charge in [0.25, 0.3) is 0 Å². The highest BCUT2D eigenvalue weighted by Crippen LogP contribution is 2.42.